The molecule has 138 valence electrons. The first kappa shape index (κ1) is 18.9. The molecule has 0 saturated carbocycles. The second-order valence-corrected chi connectivity index (χ2v) is 6.56. The van der Waals surface area contributed by atoms with Crippen LogP contribution in [0.4, 0.5) is 5.69 Å². The topological polar surface area (TPSA) is 24.5 Å². The van der Waals surface area contributed by atoms with Crippen molar-refractivity contribution < 1.29 is 4.74 Å². The molecule has 3 rings (SSSR count). The predicted molar refractivity (Wildman–Crippen MR) is 116 cm³/mol. The fraction of sp³-hybridized carbons (Fsp3) is 0.174. The van der Waals surface area contributed by atoms with Crippen molar-refractivity contribution in [2.75, 3.05) is 11.4 Å². The molecule has 3 aromatic rings. The van der Waals surface area contributed by atoms with Crippen LogP contribution in [-0.4, -0.2) is 11.7 Å². The fourth-order valence-electron chi connectivity index (χ4n) is 2.75. The number of nitrogens with zero attached hydrogens (tertiary/aromatic N) is 1. The Morgan fingerprint density at radius 2 is 1.48 bits per heavy atom. The lowest BCUT2D eigenvalue weighted by Crippen LogP contribution is -2.39. The van der Waals surface area contributed by atoms with E-state index in [-0.39, 0.29) is 0 Å². The highest BCUT2D eigenvalue weighted by Crippen LogP contribution is 2.20. The van der Waals surface area contributed by atoms with E-state index < -0.39 is 0 Å². The van der Waals surface area contributed by atoms with Gasteiger partial charge in [0, 0.05) is 12.2 Å². The summed E-state index contributed by atoms with van der Waals surface area (Å²) in [6.07, 6.45) is 0. The largest absolute Gasteiger partial charge is 0.489 e. The van der Waals surface area contributed by atoms with Gasteiger partial charge in [-0.05, 0) is 54.5 Å². The van der Waals surface area contributed by atoms with Crippen LogP contribution < -0.4 is 15.0 Å². The minimum atomic E-state index is 0.570. The number of ether oxygens (including phenoxy) is 1. The lowest BCUT2D eigenvalue weighted by Gasteiger charge is -2.26. The molecular weight excluding hydrogens is 352 g/mol. The maximum atomic E-state index is 5.87. The van der Waals surface area contributed by atoms with Crippen molar-refractivity contribution in [2.24, 2.45) is 0 Å². The van der Waals surface area contributed by atoms with E-state index in [1.165, 1.54) is 5.56 Å². The van der Waals surface area contributed by atoms with Crippen LogP contribution in [0.15, 0.2) is 84.9 Å². The van der Waals surface area contributed by atoms with Gasteiger partial charge in [-0.1, -0.05) is 60.7 Å². The van der Waals surface area contributed by atoms with Crippen LogP contribution in [0.1, 0.15) is 18.1 Å². The van der Waals surface area contributed by atoms with Gasteiger partial charge in [0.25, 0.3) is 0 Å². The first-order valence-corrected chi connectivity index (χ1v) is 9.53. The molecule has 0 saturated heterocycles. The van der Waals surface area contributed by atoms with Gasteiger partial charge in [0.1, 0.15) is 12.4 Å². The van der Waals surface area contributed by atoms with Gasteiger partial charge in [-0.15, -0.1) is 0 Å². The number of anilines is 1. The number of nitrogens with one attached hydrogen (secondary N) is 1. The van der Waals surface area contributed by atoms with Gasteiger partial charge in [0.15, 0.2) is 5.11 Å². The molecular formula is C23H24N2OS. The molecule has 0 spiro atoms. The molecule has 0 fully saturated rings. The van der Waals surface area contributed by atoms with Gasteiger partial charge in [-0.3, -0.25) is 0 Å². The molecule has 3 aromatic carbocycles. The van der Waals surface area contributed by atoms with Gasteiger partial charge in [0.2, 0.25) is 0 Å². The summed E-state index contributed by atoms with van der Waals surface area (Å²) < 4.78 is 5.87. The van der Waals surface area contributed by atoms with Crippen molar-refractivity contribution in [3.63, 3.8) is 0 Å². The molecule has 0 aromatic heterocycles. The van der Waals surface area contributed by atoms with Gasteiger partial charge >= 0.3 is 0 Å². The molecule has 0 aliphatic rings. The maximum absolute atomic E-state index is 5.87. The minimum absolute atomic E-state index is 0.570. The lowest BCUT2D eigenvalue weighted by atomic mass is 10.2. The molecule has 27 heavy (non-hydrogen) atoms. The summed E-state index contributed by atoms with van der Waals surface area (Å²) in [5.74, 6) is 0.864. The average molecular weight is 377 g/mol. The molecule has 0 aliphatic carbocycles. The molecule has 0 unspecified atom stereocenters. The van der Waals surface area contributed by atoms with E-state index in [9.17, 15) is 0 Å². The summed E-state index contributed by atoms with van der Waals surface area (Å²) in [5.41, 5.74) is 3.41. The Morgan fingerprint density at radius 3 is 2.11 bits per heavy atom. The summed E-state index contributed by atoms with van der Waals surface area (Å²) in [4.78, 5) is 2.11. The third-order valence-corrected chi connectivity index (χ3v) is 4.52. The highest BCUT2D eigenvalue weighted by Gasteiger charge is 2.12. The molecule has 0 aliphatic heterocycles. The van der Waals surface area contributed by atoms with E-state index in [1.807, 2.05) is 55.5 Å². The molecule has 0 heterocycles. The number of rotatable bonds is 7. The molecule has 3 nitrogen and oxygen atoms in total. The van der Waals surface area contributed by atoms with E-state index in [0.29, 0.717) is 13.2 Å². The Kier molecular flexibility index (Phi) is 6.83. The third-order valence-electron chi connectivity index (χ3n) is 4.15. The second kappa shape index (κ2) is 9.74. The lowest BCUT2D eigenvalue weighted by molar-refractivity contribution is 0.306. The molecule has 1 N–H and O–H groups in total. The van der Waals surface area contributed by atoms with E-state index in [0.717, 1.165) is 28.7 Å². The van der Waals surface area contributed by atoms with Crippen molar-refractivity contribution >= 4 is 23.0 Å². The zero-order chi connectivity index (χ0) is 18.9. The quantitative estimate of drug-likeness (QED) is 0.575. The molecule has 4 heteroatoms. The Bertz CT molecular complexity index is 835. The zero-order valence-electron chi connectivity index (χ0n) is 15.5. The van der Waals surface area contributed by atoms with Gasteiger partial charge in [-0.25, -0.2) is 0 Å². The molecule has 0 atom stereocenters. The number of hydrogen-bond acceptors (Lipinski definition) is 2. The minimum Gasteiger partial charge on any atom is -0.489 e. The van der Waals surface area contributed by atoms with Gasteiger partial charge in [0.05, 0.1) is 6.54 Å². The number of benzene rings is 3. The normalized spacial score (nSPS) is 10.3. The standard InChI is InChI=1S/C23H24N2OS/c1-2-24-23(27)25(21-11-7-4-8-12-21)17-19-13-15-22(16-14-19)26-18-20-9-5-3-6-10-20/h3-16H,2,17-18H2,1H3,(H,24,27). The Balaban J connectivity index is 1.66. The smallest absolute Gasteiger partial charge is 0.173 e. The highest BCUT2D eigenvalue weighted by atomic mass is 32.1. The van der Waals surface area contributed by atoms with E-state index in [2.05, 4.69) is 46.6 Å². The van der Waals surface area contributed by atoms with Crippen molar-refractivity contribution in [1.29, 1.82) is 0 Å². The van der Waals surface area contributed by atoms with Crippen LogP contribution in [0.2, 0.25) is 0 Å². The van der Waals surface area contributed by atoms with Crippen molar-refractivity contribution in [3.8, 4) is 5.75 Å². The van der Waals surface area contributed by atoms with Gasteiger partial charge < -0.3 is 15.0 Å². The SMILES string of the molecule is CCNC(=S)N(Cc1ccc(OCc2ccccc2)cc1)c1ccccc1. The van der Waals surface area contributed by atoms with Crippen LogP contribution in [0.3, 0.4) is 0 Å². The second-order valence-electron chi connectivity index (χ2n) is 6.18. The van der Waals surface area contributed by atoms with Crippen molar-refractivity contribution in [2.45, 2.75) is 20.1 Å². The van der Waals surface area contributed by atoms with E-state index in [4.69, 9.17) is 17.0 Å². The summed E-state index contributed by atoms with van der Waals surface area (Å²) in [6.45, 7) is 4.12. The first-order chi connectivity index (χ1) is 13.3. The first-order valence-electron chi connectivity index (χ1n) is 9.12. The molecule has 0 radical (unpaired) electrons. The Morgan fingerprint density at radius 1 is 0.852 bits per heavy atom. The van der Waals surface area contributed by atoms with E-state index in [1.54, 1.807) is 0 Å². The maximum Gasteiger partial charge on any atom is 0.173 e. The third kappa shape index (κ3) is 5.56. The van der Waals surface area contributed by atoms with Crippen molar-refractivity contribution in [3.05, 3.63) is 96.1 Å². The van der Waals surface area contributed by atoms with Crippen LogP contribution in [0.5, 0.6) is 5.75 Å². The number of para-hydroxylation sites is 1. The summed E-state index contributed by atoms with van der Waals surface area (Å²) in [7, 11) is 0. The zero-order valence-corrected chi connectivity index (χ0v) is 16.3. The van der Waals surface area contributed by atoms with Gasteiger partial charge in [-0.2, -0.15) is 0 Å². The predicted octanol–water partition coefficient (Wildman–Crippen LogP) is 5.17. The van der Waals surface area contributed by atoms with E-state index >= 15 is 0 Å². The fourth-order valence-corrected chi connectivity index (χ4v) is 3.06. The number of thiocarbonyl (C=S) groups is 1. The summed E-state index contributed by atoms with van der Waals surface area (Å²) in [6, 6.07) is 28.6. The monoisotopic (exact) mass is 376 g/mol. The average Bonchev–Trinajstić information content (AvgIpc) is 2.73. The number of hydrogen-bond donors (Lipinski definition) is 1. The highest BCUT2D eigenvalue weighted by molar-refractivity contribution is 7.80. The van der Waals surface area contributed by atoms with Crippen molar-refractivity contribution in [1.82, 2.24) is 5.32 Å². The summed E-state index contributed by atoms with van der Waals surface area (Å²) >= 11 is 5.57. The Labute approximate surface area is 166 Å². The molecule has 0 amide bonds. The summed E-state index contributed by atoms with van der Waals surface area (Å²) in [5, 5.41) is 3.98. The molecule has 0 bridgehead atoms. The van der Waals surface area contributed by atoms with Crippen LogP contribution in [0.25, 0.3) is 0 Å². The Hall–Kier alpha value is -2.85. The van der Waals surface area contributed by atoms with Crippen LogP contribution >= 0.6 is 12.2 Å². The van der Waals surface area contributed by atoms with Crippen LogP contribution in [-0.2, 0) is 13.2 Å². The van der Waals surface area contributed by atoms with Crippen LogP contribution in [0, 0.1) is 0 Å².